The number of nitrogens with one attached hydrogen (secondary N) is 1. The maximum absolute atomic E-state index is 12.4. The van der Waals surface area contributed by atoms with Crippen molar-refractivity contribution in [2.75, 3.05) is 7.11 Å². The van der Waals surface area contributed by atoms with E-state index in [4.69, 9.17) is 4.74 Å². The number of aryl methyl sites for hydroxylation is 2. The minimum atomic E-state index is -2.62. The number of rotatable bonds is 7. The summed E-state index contributed by atoms with van der Waals surface area (Å²) in [6.07, 6.45) is -1.98. The first-order valence-corrected chi connectivity index (χ1v) is 8.39. The summed E-state index contributed by atoms with van der Waals surface area (Å²) >= 11 is 0.249. The van der Waals surface area contributed by atoms with Crippen LogP contribution in [0.15, 0.2) is 5.16 Å². The Kier molecular flexibility index (Phi) is 8.36. The molecule has 1 aromatic heterocycles. The van der Waals surface area contributed by atoms with E-state index in [-0.39, 0.29) is 29.8 Å². The molecule has 11 heteroatoms. The minimum Gasteiger partial charge on any atom is -0.453 e. The topological polar surface area (TPSA) is 107 Å². The zero-order valence-electron chi connectivity index (χ0n) is 14.7. The molecule has 0 radical (unpaired) electrons. The molecule has 0 unspecified atom stereocenters. The predicted octanol–water partition coefficient (Wildman–Crippen LogP) is 2.16. The van der Waals surface area contributed by atoms with Gasteiger partial charge in [0.1, 0.15) is 0 Å². The fraction of sp³-hybridized carbons (Fsp3) is 0.533. The molecule has 0 bridgehead atoms. The van der Waals surface area contributed by atoms with Crippen LogP contribution in [0.25, 0.3) is 0 Å². The molecule has 0 saturated carbocycles. The number of ether oxygens (including phenoxy) is 2. The summed E-state index contributed by atoms with van der Waals surface area (Å²) in [5, 5.41) is 1.85. The lowest BCUT2D eigenvalue weighted by atomic mass is 10.1. The van der Waals surface area contributed by atoms with Crippen LogP contribution in [-0.2, 0) is 25.5 Å². The molecule has 144 valence electrons. The molecule has 1 heterocycles. The molecule has 26 heavy (non-hydrogen) atoms. The average molecular weight is 391 g/mol. The third-order valence-electron chi connectivity index (χ3n) is 3.26. The molecule has 0 aliphatic carbocycles. The van der Waals surface area contributed by atoms with Crippen molar-refractivity contribution in [3.8, 4) is 0 Å². The molecule has 1 rings (SSSR count). The number of halogens is 2. The minimum absolute atomic E-state index is 0.0329. The Hall–Kier alpha value is -2.30. The van der Waals surface area contributed by atoms with E-state index in [2.05, 4.69) is 14.7 Å². The summed E-state index contributed by atoms with van der Waals surface area (Å²) in [6, 6.07) is 0. The SMILES string of the molecule is COC(=O)NC(=O)[C@@H](C)OC(=O)CCc1c(C)nc(SC(F)F)nc1C. The van der Waals surface area contributed by atoms with Crippen LogP contribution in [-0.4, -0.2) is 46.9 Å². The van der Waals surface area contributed by atoms with Crippen molar-refractivity contribution in [3.05, 3.63) is 17.0 Å². The second-order valence-electron chi connectivity index (χ2n) is 5.15. The van der Waals surface area contributed by atoms with Crippen LogP contribution < -0.4 is 5.32 Å². The van der Waals surface area contributed by atoms with Gasteiger partial charge in [0, 0.05) is 17.8 Å². The summed E-state index contributed by atoms with van der Waals surface area (Å²) in [7, 11) is 1.09. The molecule has 0 saturated heterocycles. The van der Waals surface area contributed by atoms with Crippen LogP contribution in [0, 0.1) is 13.8 Å². The van der Waals surface area contributed by atoms with E-state index in [9.17, 15) is 23.2 Å². The van der Waals surface area contributed by atoms with Gasteiger partial charge in [0.05, 0.1) is 7.11 Å². The molecule has 0 aliphatic rings. The lowest BCUT2D eigenvalue weighted by Crippen LogP contribution is -2.39. The fourth-order valence-electron chi connectivity index (χ4n) is 1.99. The summed E-state index contributed by atoms with van der Waals surface area (Å²) in [6.45, 7) is 4.58. The summed E-state index contributed by atoms with van der Waals surface area (Å²) in [5.41, 5.74) is 1.63. The highest BCUT2D eigenvalue weighted by Gasteiger charge is 2.21. The quantitative estimate of drug-likeness (QED) is 0.428. The van der Waals surface area contributed by atoms with Crippen LogP contribution >= 0.6 is 11.8 Å². The van der Waals surface area contributed by atoms with Crippen molar-refractivity contribution >= 4 is 29.7 Å². The molecule has 0 aromatic carbocycles. The molecular weight excluding hydrogens is 372 g/mol. The van der Waals surface area contributed by atoms with Gasteiger partial charge in [-0.3, -0.25) is 14.9 Å². The molecule has 1 N–H and O–H groups in total. The van der Waals surface area contributed by atoms with Crippen LogP contribution in [0.5, 0.6) is 0 Å². The Balaban J connectivity index is 2.62. The average Bonchev–Trinajstić information content (AvgIpc) is 2.52. The summed E-state index contributed by atoms with van der Waals surface area (Å²) in [4.78, 5) is 42.4. The molecule has 0 fully saturated rings. The lowest BCUT2D eigenvalue weighted by molar-refractivity contribution is -0.154. The number of alkyl halides is 2. The number of hydrogen-bond acceptors (Lipinski definition) is 8. The number of imide groups is 1. The highest BCUT2D eigenvalue weighted by Crippen LogP contribution is 2.24. The number of alkyl carbamates (subject to hydrolysis) is 1. The number of nitrogens with zero attached hydrogens (tertiary/aromatic N) is 2. The van der Waals surface area contributed by atoms with E-state index in [1.54, 1.807) is 13.8 Å². The van der Waals surface area contributed by atoms with Gasteiger partial charge in [0.15, 0.2) is 11.3 Å². The number of carbonyl (C=O) groups excluding carboxylic acids is 3. The number of hydrogen-bond donors (Lipinski definition) is 1. The van der Waals surface area contributed by atoms with E-state index in [0.29, 0.717) is 17.0 Å². The van der Waals surface area contributed by atoms with Gasteiger partial charge in [0.2, 0.25) is 0 Å². The largest absolute Gasteiger partial charge is 0.453 e. The molecule has 0 spiro atoms. The second kappa shape index (κ2) is 10.00. The first kappa shape index (κ1) is 21.7. The summed E-state index contributed by atoms with van der Waals surface area (Å²) in [5.74, 6) is -4.09. The second-order valence-corrected chi connectivity index (χ2v) is 6.10. The smallest absolute Gasteiger partial charge is 0.413 e. The van der Waals surface area contributed by atoms with Crippen molar-refractivity contribution in [1.29, 1.82) is 0 Å². The van der Waals surface area contributed by atoms with E-state index in [1.165, 1.54) is 6.92 Å². The maximum Gasteiger partial charge on any atom is 0.413 e. The number of thioether (sulfide) groups is 1. The first-order chi connectivity index (χ1) is 12.1. The Morgan fingerprint density at radius 3 is 2.27 bits per heavy atom. The molecule has 0 aliphatic heterocycles. The van der Waals surface area contributed by atoms with Gasteiger partial charge in [-0.25, -0.2) is 14.8 Å². The van der Waals surface area contributed by atoms with Crippen molar-refractivity contribution < 1.29 is 32.6 Å². The third-order valence-corrected chi connectivity index (χ3v) is 3.83. The Morgan fingerprint density at radius 1 is 1.19 bits per heavy atom. The van der Waals surface area contributed by atoms with Gasteiger partial charge in [-0.15, -0.1) is 0 Å². The number of methoxy groups -OCH3 is 1. The molecule has 8 nitrogen and oxygen atoms in total. The van der Waals surface area contributed by atoms with E-state index < -0.39 is 29.8 Å². The summed E-state index contributed by atoms with van der Waals surface area (Å²) < 4.78 is 34.0. The van der Waals surface area contributed by atoms with Gasteiger partial charge < -0.3 is 9.47 Å². The van der Waals surface area contributed by atoms with Crippen molar-refractivity contribution in [2.24, 2.45) is 0 Å². The van der Waals surface area contributed by atoms with E-state index >= 15 is 0 Å². The van der Waals surface area contributed by atoms with Gasteiger partial charge in [-0.2, -0.15) is 8.78 Å². The number of esters is 1. The van der Waals surface area contributed by atoms with E-state index in [1.807, 2.05) is 5.32 Å². The maximum atomic E-state index is 12.4. The van der Waals surface area contributed by atoms with Crippen molar-refractivity contribution in [1.82, 2.24) is 15.3 Å². The third kappa shape index (κ3) is 6.90. The standard InChI is InChI=1S/C15H19F2N3O5S/c1-7-10(8(2)19-14(18-7)26-13(16)17)5-6-11(21)25-9(3)12(22)20-15(23)24-4/h9,13H,5-6H2,1-4H3,(H,20,22,23)/t9-/m1/s1. The molecule has 2 amide bonds. The predicted molar refractivity (Wildman–Crippen MR) is 87.8 cm³/mol. The van der Waals surface area contributed by atoms with Crippen molar-refractivity contribution in [2.45, 2.75) is 50.6 Å². The zero-order chi connectivity index (χ0) is 19.9. The van der Waals surface area contributed by atoms with Crippen LogP contribution in [0.1, 0.15) is 30.3 Å². The highest BCUT2D eigenvalue weighted by atomic mass is 32.2. The Labute approximate surface area is 153 Å². The number of aromatic nitrogens is 2. The first-order valence-electron chi connectivity index (χ1n) is 7.51. The monoisotopic (exact) mass is 391 g/mol. The normalized spacial score (nSPS) is 11.8. The lowest BCUT2D eigenvalue weighted by Gasteiger charge is -2.13. The van der Waals surface area contributed by atoms with Gasteiger partial charge in [0.25, 0.3) is 11.7 Å². The molecule has 1 atom stereocenters. The Bertz CT molecular complexity index is 664. The highest BCUT2D eigenvalue weighted by molar-refractivity contribution is 7.99. The van der Waals surface area contributed by atoms with Crippen LogP contribution in [0.4, 0.5) is 13.6 Å². The van der Waals surface area contributed by atoms with Gasteiger partial charge >= 0.3 is 12.1 Å². The van der Waals surface area contributed by atoms with Crippen LogP contribution in [0.2, 0.25) is 0 Å². The number of carbonyl (C=O) groups is 3. The molecule has 1 aromatic rings. The van der Waals surface area contributed by atoms with Gasteiger partial charge in [-0.1, -0.05) is 0 Å². The Morgan fingerprint density at radius 2 is 1.77 bits per heavy atom. The zero-order valence-corrected chi connectivity index (χ0v) is 15.5. The molecular formula is C15H19F2N3O5S. The van der Waals surface area contributed by atoms with E-state index in [0.717, 1.165) is 7.11 Å². The van der Waals surface area contributed by atoms with Crippen molar-refractivity contribution in [3.63, 3.8) is 0 Å². The fourth-order valence-corrected chi connectivity index (χ4v) is 2.53. The van der Waals surface area contributed by atoms with Gasteiger partial charge in [-0.05, 0) is 44.5 Å². The number of amides is 2. The van der Waals surface area contributed by atoms with Crippen LogP contribution in [0.3, 0.4) is 0 Å².